The van der Waals surface area contributed by atoms with Crippen molar-refractivity contribution in [3.05, 3.63) is 35.9 Å². The third kappa shape index (κ3) is 3.71. The van der Waals surface area contributed by atoms with E-state index in [9.17, 15) is 0 Å². The van der Waals surface area contributed by atoms with Gasteiger partial charge in [0.15, 0.2) is 0 Å². The molecule has 0 radical (unpaired) electrons. The monoisotopic (exact) mass is 320 g/mol. The van der Waals surface area contributed by atoms with Crippen molar-refractivity contribution in [3.8, 4) is 0 Å². The van der Waals surface area contributed by atoms with Gasteiger partial charge in [-0.25, -0.2) is 0 Å². The largest absolute Gasteiger partial charge is 0.369 e. The third-order valence-corrected chi connectivity index (χ3v) is 2.74. The molecule has 1 unspecified atom stereocenters. The smallest absolute Gasteiger partial charge is 0.105 e. The van der Waals surface area contributed by atoms with E-state index < -0.39 is 0 Å². The summed E-state index contributed by atoms with van der Waals surface area (Å²) < 4.78 is 5.94. The summed E-state index contributed by atoms with van der Waals surface area (Å²) in [4.78, 5) is 0. The van der Waals surface area contributed by atoms with E-state index in [1.807, 2.05) is 32.0 Å². The molecule has 1 rings (SSSR count). The Morgan fingerprint density at radius 3 is 2.07 bits per heavy atom. The Hall–Kier alpha value is 0.140. The van der Waals surface area contributed by atoms with Gasteiger partial charge in [0.25, 0.3) is 0 Å². The van der Waals surface area contributed by atoms with Gasteiger partial charge in [-0.2, -0.15) is 0 Å². The van der Waals surface area contributed by atoms with Gasteiger partial charge >= 0.3 is 0 Å². The highest BCUT2D eigenvalue weighted by Gasteiger charge is 2.19. The van der Waals surface area contributed by atoms with E-state index in [1.165, 1.54) is 5.56 Å². The predicted octanol–water partition coefficient (Wildman–Crippen LogP) is 4.27. The molecule has 0 spiro atoms. The van der Waals surface area contributed by atoms with Crippen LogP contribution in [-0.2, 0) is 4.74 Å². The lowest BCUT2D eigenvalue weighted by molar-refractivity contribution is 0.0179. The van der Waals surface area contributed by atoms with Crippen LogP contribution in [0.2, 0.25) is 0 Å². The molecule has 0 aliphatic carbocycles. The van der Waals surface area contributed by atoms with Crippen molar-refractivity contribution < 1.29 is 4.74 Å². The lowest BCUT2D eigenvalue weighted by Crippen LogP contribution is -2.15. The highest BCUT2D eigenvalue weighted by atomic mass is 79.9. The van der Waals surface area contributed by atoms with Gasteiger partial charge in [0, 0.05) is 0 Å². The molecule has 0 fully saturated rings. The number of alkyl halides is 2. The Morgan fingerprint density at radius 1 is 1.07 bits per heavy atom. The maximum absolute atomic E-state index is 5.80. The van der Waals surface area contributed by atoms with Gasteiger partial charge in [0.05, 0.1) is 6.10 Å². The lowest BCUT2D eigenvalue weighted by atomic mass is 10.1. The van der Waals surface area contributed by atoms with Gasteiger partial charge in [0.2, 0.25) is 0 Å². The van der Waals surface area contributed by atoms with E-state index in [4.69, 9.17) is 4.74 Å². The molecule has 14 heavy (non-hydrogen) atoms. The number of hydrogen-bond acceptors (Lipinski definition) is 1. The molecule has 0 aromatic heterocycles. The topological polar surface area (TPSA) is 9.23 Å². The highest BCUT2D eigenvalue weighted by molar-refractivity contribution is 9.24. The number of ether oxygens (including phenoxy) is 1. The van der Waals surface area contributed by atoms with Crippen molar-refractivity contribution >= 4 is 31.9 Å². The van der Waals surface area contributed by atoms with Gasteiger partial charge in [-0.15, -0.1) is 0 Å². The lowest BCUT2D eigenvalue weighted by Gasteiger charge is -2.22. The molecule has 0 aliphatic heterocycles. The molecule has 0 saturated carbocycles. The minimum absolute atomic E-state index is 0.0520. The van der Waals surface area contributed by atoms with Crippen LogP contribution >= 0.6 is 31.9 Å². The molecular formula is C11H14Br2O. The molecule has 1 aromatic carbocycles. The second-order valence-electron chi connectivity index (χ2n) is 3.35. The molecule has 0 N–H and O–H groups in total. The van der Waals surface area contributed by atoms with Crippen LogP contribution in [-0.4, -0.2) is 9.84 Å². The van der Waals surface area contributed by atoms with Crippen LogP contribution in [0.1, 0.15) is 25.5 Å². The normalized spacial score (nSPS) is 13.6. The van der Waals surface area contributed by atoms with E-state index in [2.05, 4.69) is 44.0 Å². The fraction of sp³-hybridized carbons (Fsp3) is 0.455. The van der Waals surface area contributed by atoms with Crippen molar-refractivity contribution in [3.63, 3.8) is 0 Å². The van der Waals surface area contributed by atoms with Crippen LogP contribution in [0.25, 0.3) is 0 Å². The molecular weight excluding hydrogens is 308 g/mol. The predicted molar refractivity (Wildman–Crippen MR) is 67.0 cm³/mol. The van der Waals surface area contributed by atoms with E-state index in [0.29, 0.717) is 0 Å². The summed E-state index contributed by atoms with van der Waals surface area (Å²) in [5, 5.41) is 0. The second kappa shape index (κ2) is 5.89. The van der Waals surface area contributed by atoms with Crippen molar-refractivity contribution in [2.45, 2.75) is 29.8 Å². The molecule has 3 heteroatoms. The molecule has 0 saturated heterocycles. The van der Waals surface area contributed by atoms with Gasteiger partial charge in [-0.05, 0) is 19.4 Å². The Kier molecular flexibility index (Phi) is 5.13. The van der Waals surface area contributed by atoms with Gasteiger partial charge in [-0.1, -0.05) is 62.2 Å². The Labute approximate surface area is 102 Å². The fourth-order valence-electron chi connectivity index (χ4n) is 1.22. The minimum Gasteiger partial charge on any atom is -0.369 e. The number of rotatable bonds is 4. The van der Waals surface area contributed by atoms with Crippen LogP contribution in [0.4, 0.5) is 0 Å². The summed E-state index contributed by atoms with van der Waals surface area (Å²) in [6.45, 7) is 4.08. The second-order valence-corrected chi connectivity index (χ2v) is 6.55. The molecule has 1 nitrogen and oxygen atoms in total. The number of hydrogen-bond donors (Lipinski definition) is 0. The fourth-order valence-corrected chi connectivity index (χ4v) is 2.08. The summed E-state index contributed by atoms with van der Waals surface area (Å²) in [6.07, 6.45) is 0.272. The zero-order valence-electron chi connectivity index (χ0n) is 8.28. The quantitative estimate of drug-likeness (QED) is 0.752. The Bertz CT molecular complexity index is 259. The average Bonchev–Trinajstić information content (AvgIpc) is 2.15. The maximum Gasteiger partial charge on any atom is 0.105 e. The van der Waals surface area contributed by atoms with Crippen LogP contribution in [0.15, 0.2) is 30.3 Å². The maximum atomic E-state index is 5.80. The number of halogens is 2. The Balaban J connectivity index is 2.78. The SMILES string of the molecule is CC(C)OC(c1ccccc1)C(Br)Br. The first-order valence-electron chi connectivity index (χ1n) is 4.60. The molecule has 78 valence electrons. The molecule has 0 heterocycles. The molecule has 0 aliphatic rings. The van der Waals surface area contributed by atoms with Crippen LogP contribution in [0.5, 0.6) is 0 Å². The molecule has 0 bridgehead atoms. The van der Waals surface area contributed by atoms with E-state index in [-0.39, 0.29) is 15.9 Å². The zero-order valence-corrected chi connectivity index (χ0v) is 11.5. The van der Waals surface area contributed by atoms with Crippen molar-refractivity contribution in [2.24, 2.45) is 0 Å². The zero-order chi connectivity index (χ0) is 10.6. The molecule has 1 aromatic rings. The van der Waals surface area contributed by atoms with Crippen molar-refractivity contribution in [1.82, 2.24) is 0 Å². The first-order valence-corrected chi connectivity index (χ1v) is 6.43. The van der Waals surface area contributed by atoms with E-state index in [0.717, 1.165) is 0 Å². The third-order valence-electron chi connectivity index (χ3n) is 1.78. The summed E-state index contributed by atoms with van der Waals surface area (Å²) in [6, 6.07) is 10.2. The first-order chi connectivity index (χ1) is 6.61. The van der Waals surface area contributed by atoms with E-state index in [1.54, 1.807) is 0 Å². The van der Waals surface area contributed by atoms with E-state index >= 15 is 0 Å². The summed E-state index contributed by atoms with van der Waals surface area (Å²) >= 11 is 7.00. The molecule has 1 atom stereocenters. The van der Waals surface area contributed by atoms with Gasteiger partial charge < -0.3 is 4.74 Å². The van der Waals surface area contributed by atoms with Crippen LogP contribution in [0.3, 0.4) is 0 Å². The highest BCUT2D eigenvalue weighted by Crippen LogP contribution is 2.31. The molecule has 0 amide bonds. The summed E-state index contributed by atoms with van der Waals surface area (Å²) in [5.74, 6) is 0. The van der Waals surface area contributed by atoms with Crippen molar-refractivity contribution in [2.75, 3.05) is 0 Å². The first kappa shape index (κ1) is 12.2. The minimum atomic E-state index is 0.0520. The standard InChI is InChI=1S/C11H14Br2O/c1-8(2)14-10(11(12)13)9-6-4-3-5-7-9/h3-8,10-11H,1-2H3. The van der Waals surface area contributed by atoms with Crippen molar-refractivity contribution in [1.29, 1.82) is 0 Å². The van der Waals surface area contributed by atoms with Gasteiger partial charge in [0.1, 0.15) is 9.84 Å². The Morgan fingerprint density at radius 2 is 1.64 bits per heavy atom. The van der Waals surface area contributed by atoms with Crippen LogP contribution < -0.4 is 0 Å². The number of benzene rings is 1. The van der Waals surface area contributed by atoms with Crippen LogP contribution in [0, 0.1) is 0 Å². The summed E-state index contributed by atoms with van der Waals surface area (Å²) in [7, 11) is 0. The van der Waals surface area contributed by atoms with Gasteiger partial charge in [-0.3, -0.25) is 0 Å². The summed E-state index contributed by atoms with van der Waals surface area (Å²) in [5.41, 5.74) is 1.18. The average molecular weight is 322 g/mol.